The summed E-state index contributed by atoms with van der Waals surface area (Å²) >= 11 is 11.0. The molecular weight excluding hydrogens is 360 g/mol. The van der Waals surface area contributed by atoms with Crippen molar-refractivity contribution in [3.8, 4) is 0 Å². The van der Waals surface area contributed by atoms with Crippen molar-refractivity contribution in [3.63, 3.8) is 0 Å². The van der Waals surface area contributed by atoms with Crippen LogP contribution in [0.5, 0.6) is 0 Å². The van der Waals surface area contributed by atoms with Gasteiger partial charge in [0.1, 0.15) is 5.69 Å². The number of carbonyl (C=O) groups excluding carboxylic acids is 1. The van der Waals surface area contributed by atoms with Gasteiger partial charge in [-0.2, -0.15) is 5.10 Å². The first-order valence-corrected chi connectivity index (χ1v) is 8.40. The van der Waals surface area contributed by atoms with Crippen LogP contribution >= 0.6 is 39.3 Å². The zero-order valence-corrected chi connectivity index (χ0v) is 14.1. The number of ketones is 1. The molecule has 0 fully saturated rings. The first-order valence-electron chi connectivity index (χ1n) is 6.24. The average molecular weight is 374 g/mol. The second-order valence-corrected chi connectivity index (χ2v) is 6.61. The van der Waals surface area contributed by atoms with Crippen molar-refractivity contribution in [1.82, 2.24) is 9.78 Å². The fourth-order valence-electron chi connectivity index (χ4n) is 1.80. The zero-order chi connectivity index (χ0) is 14.5. The van der Waals surface area contributed by atoms with Gasteiger partial charge in [-0.3, -0.25) is 9.48 Å². The van der Waals surface area contributed by atoms with Crippen LogP contribution < -0.4 is 0 Å². The van der Waals surface area contributed by atoms with E-state index in [9.17, 15) is 4.79 Å². The van der Waals surface area contributed by atoms with Crippen molar-refractivity contribution in [2.75, 3.05) is 5.75 Å². The predicted molar refractivity (Wildman–Crippen MR) is 86.7 cm³/mol. The molecule has 0 saturated carbocycles. The summed E-state index contributed by atoms with van der Waals surface area (Å²) in [7, 11) is 0. The largest absolute Gasteiger partial charge is 0.291 e. The normalized spacial score (nSPS) is 10.8. The number of nitrogens with zero attached hydrogens (tertiary/aromatic N) is 2. The number of thioether (sulfide) groups is 1. The molecule has 0 unspecified atom stereocenters. The van der Waals surface area contributed by atoms with Crippen LogP contribution in [0.1, 0.15) is 23.8 Å². The van der Waals surface area contributed by atoms with Gasteiger partial charge in [0.2, 0.25) is 0 Å². The third-order valence-corrected chi connectivity index (χ3v) is 4.42. The Bertz CT molecular complexity index is 615. The van der Waals surface area contributed by atoms with Gasteiger partial charge in [0.05, 0.1) is 17.0 Å². The molecule has 0 spiro atoms. The van der Waals surface area contributed by atoms with Crippen molar-refractivity contribution >= 4 is 45.1 Å². The molecule has 0 radical (unpaired) electrons. The Labute approximate surface area is 135 Å². The third kappa shape index (κ3) is 3.87. The topological polar surface area (TPSA) is 34.9 Å². The molecule has 2 rings (SSSR count). The number of halogens is 2. The molecule has 0 aliphatic rings. The smallest absolute Gasteiger partial charge is 0.192 e. The molecular formula is C14H14BrClN2OS. The summed E-state index contributed by atoms with van der Waals surface area (Å²) in [6.45, 7) is 2.75. The molecule has 6 heteroatoms. The van der Waals surface area contributed by atoms with Crippen LogP contribution in [0.2, 0.25) is 5.02 Å². The number of aryl methyl sites for hydroxylation is 1. The SMILES string of the molecule is CCCn1ncc(Cl)c1C(=O)CSc1cccc(Br)c1. The lowest BCUT2D eigenvalue weighted by atomic mass is 10.3. The monoisotopic (exact) mass is 372 g/mol. The molecule has 0 aliphatic carbocycles. The van der Waals surface area contributed by atoms with Gasteiger partial charge in [0.15, 0.2) is 5.78 Å². The van der Waals surface area contributed by atoms with E-state index < -0.39 is 0 Å². The Morgan fingerprint density at radius 3 is 3.00 bits per heavy atom. The molecule has 106 valence electrons. The summed E-state index contributed by atoms with van der Waals surface area (Å²) in [5.74, 6) is 0.358. The van der Waals surface area contributed by atoms with Crippen molar-refractivity contribution < 1.29 is 4.79 Å². The summed E-state index contributed by atoms with van der Waals surface area (Å²) in [4.78, 5) is 13.3. The number of hydrogen-bond donors (Lipinski definition) is 0. The van der Waals surface area contributed by atoms with Crippen molar-refractivity contribution in [3.05, 3.63) is 45.7 Å². The number of benzene rings is 1. The third-order valence-electron chi connectivity index (χ3n) is 2.66. The molecule has 0 saturated heterocycles. The quantitative estimate of drug-likeness (QED) is 0.544. The highest BCUT2D eigenvalue weighted by atomic mass is 79.9. The van der Waals surface area contributed by atoms with Crippen molar-refractivity contribution in [1.29, 1.82) is 0 Å². The van der Waals surface area contributed by atoms with Gasteiger partial charge in [-0.1, -0.05) is 40.5 Å². The van der Waals surface area contributed by atoms with Crippen LogP contribution in [0.3, 0.4) is 0 Å². The fraction of sp³-hybridized carbons (Fsp3) is 0.286. The summed E-state index contributed by atoms with van der Waals surface area (Å²) in [5.41, 5.74) is 0.510. The molecule has 0 bridgehead atoms. The van der Waals surface area contributed by atoms with Gasteiger partial charge < -0.3 is 0 Å². The summed E-state index contributed by atoms with van der Waals surface area (Å²) in [5, 5.41) is 4.57. The number of aromatic nitrogens is 2. The van der Waals surface area contributed by atoms with Crippen LogP contribution in [0.4, 0.5) is 0 Å². The second-order valence-electron chi connectivity index (χ2n) is 4.23. The minimum atomic E-state index is 0.00549. The maximum Gasteiger partial charge on any atom is 0.192 e. The number of carbonyl (C=O) groups is 1. The standard InChI is InChI=1S/C14H14BrClN2OS/c1-2-6-18-14(12(16)8-17-18)13(19)9-20-11-5-3-4-10(15)7-11/h3-5,7-8H,2,6,9H2,1H3. The molecule has 20 heavy (non-hydrogen) atoms. The van der Waals surface area contributed by atoms with E-state index in [1.54, 1.807) is 4.68 Å². The van der Waals surface area contributed by atoms with Gasteiger partial charge in [-0.15, -0.1) is 11.8 Å². The van der Waals surface area contributed by atoms with Gasteiger partial charge in [-0.05, 0) is 24.6 Å². The van der Waals surface area contributed by atoms with Crippen LogP contribution in [-0.4, -0.2) is 21.3 Å². The van der Waals surface area contributed by atoms with Crippen LogP contribution in [-0.2, 0) is 6.54 Å². The average Bonchev–Trinajstić information content (AvgIpc) is 2.78. The van der Waals surface area contributed by atoms with E-state index in [2.05, 4.69) is 21.0 Å². The van der Waals surface area contributed by atoms with E-state index in [0.717, 1.165) is 15.8 Å². The molecule has 1 heterocycles. The Kier molecular flexibility index (Phi) is 5.69. The van der Waals surface area contributed by atoms with Gasteiger partial charge in [0, 0.05) is 15.9 Å². The van der Waals surface area contributed by atoms with E-state index >= 15 is 0 Å². The molecule has 1 aromatic carbocycles. The van der Waals surface area contributed by atoms with E-state index in [0.29, 0.717) is 23.0 Å². The highest BCUT2D eigenvalue weighted by Crippen LogP contribution is 2.24. The molecule has 0 N–H and O–H groups in total. The number of Topliss-reactive ketones (excluding diaryl/α,β-unsaturated/α-hetero) is 1. The predicted octanol–water partition coefficient (Wildman–Crippen LogP) is 4.68. The lowest BCUT2D eigenvalue weighted by molar-refractivity contribution is 0.101. The van der Waals surface area contributed by atoms with E-state index in [-0.39, 0.29) is 5.78 Å². The minimum absolute atomic E-state index is 0.00549. The molecule has 0 aliphatic heterocycles. The molecule has 1 aromatic heterocycles. The maximum absolute atomic E-state index is 12.3. The lowest BCUT2D eigenvalue weighted by Gasteiger charge is -2.06. The molecule has 2 aromatic rings. The van der Waals surface area contributed by atoms with Gasteiger partial charge >= 0.3 is 0 Å². The van der Waals surface area contributed by atoms with Crippen LogP contribution in [0.25, 0.3) is 0 Å². The maximum atomic E-state index is 12.3. The van der Waals surface area contributed by atoms with E-state index in [4.69, 9.17) is 11.6 Å². The van der Waals surface area contributed by atoms with E-state index in [1.807, 2.05) is 31.2 Å². The Balaban J connectivity index is 2.07. The zero-order valence-electron chi connectivity index (χ0n) is 11.0. The molecule has 3 nitrogen and oxygen atoms in total. The van der Waals surface area contributed by atoms with Gasteiger partial charge in [-0.25, -0.2) is 0 Å². The highest BCUT2D eigenvalue weighted by Gasteiger charge is 2.17. The minimum Gasteiger partial charge on any atom is -0.291 e. The highest BCUT2D eigenvalue weighted by molar-refractivity contribution is 9.10. The van der Waals surface area contributed by atoms with Crippen LogP contribution in [0.15, 0.2) is 39.8 Å². The summed E-state index contributed by atoms with van der Waals surface area (Å²) in [6.07, 6.45) is 2.45. The molecule has 0 atom stereocenters. The Hall–Kier alpha value is -0.780. The van der Waals surface area contributed by atoms with Crippen molar-refractivity contribution in [2.45, 2.75) is 24.8 Å². The Morgan fingerprint density at radius 1 is 1.50 bits per heavy atom. The van der Waals surface area contributed by atoms with Crippen LogP contribution in [0, 0.1) is 0 Å². The summed E-state index contributed by atoms with van der Waals surface area (Å²) < 4.78 is 2.69. The lowest BCUT2D eigenvalue weighted by Crippen LogP contribution is -2.12. The van der Waals surface area contributed by atoms with Crippen molar-refractivity contribution in [2.24, 2.45) is 0 Å². The first kappa shape index (κ1) is 15.6. The fourth-order valence-corrected chi connectivity index (χ4v) is 3.41. The number of hydrogen-bond acceptors (Lipinski definition) is 3. The first-order chi connectivity index (χ1) is 9.61. The molecule has 0 amide bonds. The Morgan fingerprint density at radius 2 is 2.30 bits per heavy atom. The van der Waals surface area contributed by atoms with Gasteiger partial charge in [0.25, 0.3) is 0 Å². The van der Waals surface area contributed by atoms with E-state index in [1.165, 1.54) is 18.0 Å². The second kappa shape index (κ2) is 7.29. The summed E-state index contributed by atoms with van der Waals surface area (Å²) in [6, 6.07) is 7.88. The number of rotatable bonds is 6.